The van der Waals surface area contributed by atoms with Crippen LogP contribution in [0.4, 0.5) is 11.4 Å². The minimum Gasteiger partial charge on any atom is -0.463 e. The highest BCUT2D eigenvalue weighted by Crippen LogP contribution is 2.23. The summed E-state index contributed by atoms with van der Waals surface area (Å²) in [4.78, 5) is 58.4. The number of thiocarbonyl (C=S) groups is 1. The molecule has 0 spiro atoms. The zero-order chi connectivity index (χ0) is 23.8. The first-order valence-electron chi connectivity index (χ1n) is 9.12. The molecule has 0 aliphatic carbocycles. The predicted molar refractivity (Wildman–Crippen MR) is 111 cm³/mol. The number of ether oxygens (including phenoxy) is 2. The maximum absolute atomic E-state index is 12.6. The molecule has 0 bridgehead atoms. The van der Waals surface area contributed by atoms with Gasteiger partial charge in [0, 0.05) is 32.3 Å². The molecule has 1 unspecified atom stereocenters. The van der Waals surface area contributed by atoms with Gasteiger partial charge in [-0.2, -0.15) is 0 Å². The van der Waals surface area contributed by atoms with Gasteiger partial charge in [-0.05, 0) is 12.2 Å². The smallest absolute Gasteiger partial charge is 0.308 e. The molecular formula is C17H19N5O9S. The Bertz CT molecular complexity index is 922. The van der Waals surface area contributed by atoms with Crippen LogP contribution >= 0.6 is 12.2 Å². The summed E-state index contributed by atoms with van der Waals surface area (Å²) in [5.74, 6) is -2.14. The molecule has 172 valence electrons. The summed E-state index contributed by atoms with van der Waals surface area (Å²) in [7, 11) is 1.43. The van der Waals surface area contributed by atoms with Crippen molar-refractivity contribution in [1.29, 1.82) is 0 Å². The molecule has 14 nitrogen and oxygen atoms in total. The van der Waals surface area contributed by atoms with Crippen LogP contribution in [0.25, 0.3) is 0 Å². The van der Waals surface area contributed by atoms with Crippen molar-refractivity contribution in [3.05, 3.63) is 44.0 Å². The van der Waals surface area contributed by atoms with Crippen LogP contribution in [-0.2, 0) is 19.1 Å². The van der Waals surface area contributed by atoms with Crippen molar-refractivity contribution >= 4 is 46.5 Å². The van der Waals surface area contributed by atoms with Crippen LogP contribution in [-0.4, -0.2) is 77.1 Å². The van der Waals surface area contributed by atoms with Crippen LogP contribution in [0, 0.1) is 20.2 Å². The number of piperazine rings is 1. The van der Waals surface area contributed by atoms with Gasteiger partial charge in [0.1, 0.15) is 12.6 Å². The van der Waals surface area contributed by atoms with Gasteiger partial charge in [0.05, 0.1) is 34.5 Å². The van der Waals surface area contributed by atoms with Crippen molar-refractivity contribution in [3.8, 4) is 0 Å². The summed E-state index contributed by atoms with van der Waals surface area (Å²) in [5.41, 5.74) is -1.67. The molecule has 1 heterocycles. The fourth-order valence-corrected chi connectivity index (χ4v) is 3.11. The Morgan fingerprint density at radius 2 is 1.84 bits per heavy atom. The average molecular weight is 469 g/mol. The number of carbonyl (C=O) groups excluding carboxylic acids is 3. The Morgan fingerprint density at radius 3 is 2.41 bits per heavy atom. The second kappa shape index (κ2) is 11.1. The Balaban J connectivity index is 2.16. The van der Waals surface area contributed by atoms with Crippen molar-refractivity contribution < 1.29 is 33.7 Å². The van der Waals surface area contributed by atoms with E-state index in [1.807, 2.05) is 0 Å². The number of hydrogen-bond donors (Lipinski definition) is 2. The zero-order valence-corrected chi connectivity index (χ0v) is 17.6. The standard InChI is InChI=1S/C17H19N5O9S/c1-30-4-5-31-14(23)9-13-16(25)18-2-3-20(13)17(32)19-15(24)10-6-11(21(26)27)8-12(7-10)22(28)29/h6-8,13H,2-5,9H2,1H3,(H,18,25)(H,19,24,32). The summed E-state index contributed by atoms with van der Waals surface area (Å²) in [6.45, 7) is 0.523. The zero-order valence-electron chi connectivity index (χ0n) is 16.8. The van der Waals surface area contributed by atoms with Crippen LogP contribution < -0.4 is 10.6 Å². The van der Waals surface area contributed by atoms with Gasteiger partial charge in [0.2, 0.25) is 5.91 Å². The minimum absolute atomic E-state index is 0.00355. The van der Waals surface area contributed by atoms with Gasteiger partial charge in [-0.15, -0.1) is 0 Å². The Hall–Kier alpha value is -3.72. The van der Waals surface area contributed by atoms with E-state index in [9.17, 15) is 34.6 Å². The van der Waals surface area contributed by atoms with E-state index in [0.29, 0.717) is 0 Å². The van der Waals surface area contributed by atoms with E-state index >= 15 is 0 Å². The highest BCUT2D eigenvalue weighted by Gasteiger charge is 2.34. The third kappa shape index (κ3) is 6.39. The fraction of sp³-hybridized carbons (Fsp3) is 0.412. The lowest BCUT2D eigenvalue weighted by atomic mass is 10.1. The lowest BCUT2D eigenvalue weighted by Crippen LogP contribution is -2.60. The molecule has 1 atom stereocenters. The second-order valence-corrected chi connectivity index (χ2v) is 6.82. The van der Waals surface area contributed by atoms with Crippen molar-refractivity contribution in [2.75, 3.05) is 33.4 Å². The number of nitro benzene ring substituents is 2. The second-order valence-electron chi connectivity index (χ2n) is 6.43. The molecule has 1 saturated heterocycles. The van der Waals surface area contributed by atoms with Gasteiger partial charge in [-0.3, -0.25) is 39.9 Å². The number of rotatable bonds is 8. The van der Waals surface area contributed by atoms with Crippen molar-refractivity contribution in [3.63, 3.8) is 0 Å². The van der Waals surface area contributed by atoms with Crippen LogP contribution in [0.3, 0.4) is 0 Å². The van der Waals surface area contributed by atoms with Gasteiger partial charge in [0.25, 0.3) is 17.3 Å². The summed E-state index contributed by atoms with van der Waals surface area (Å²) < 4.78 is 9.73. The number of nitrogens with one attached hydrogen (secondary N) is 2. The Morgan fingerprint density at radius 1 is 1.22 bits per heavy atom. The van der Waals surface area contributed by atoms with Gasteiger partial charge in [-0.25, -0.2) is 0 Å². The number of esters is 1. The molecular weight excluding hydrogens is 450 g/mol. The van der Waals surface area contributed by atoms with E-state index in [0.717, 1.165) is 18.2 Å². The van der Waals surface area contributed by atoms with E-state index in [1.165, 1.54) is 12.0 Å². The van der Waals surface area contributed by atoms with Crippen molar-refractivity contribution in [1.82, 2.24) is 15.5 Å². The average Bonchev–Trinajstić information content (AvgIpc) is 2.74. The normalized spacial score (nSPS) is 15.5. The fourth-order valence-electron chi connectivity index (χ4n) is 2.79. The highest BCUT2D eigenvalue weighted by molar-refractivity contribution is 7.80. The summed E-state index contributed by atoms with van der Waals surface area (Å²) in [6, 6.07) is 1.37. The maximum Gasteiger partial charge on any atom is 0.308 e. The third-order valence-electron chi connectivity index (χ3n) is 4.31. The first-order valence-corrected chi connectivity index (χ1v) is 9.53. The number of nitro groups is 2. The topological polar surface area (TPSA) is 183 Å². The highest BCUT2D eigenvalue weighted by atomic mass is 32.1. The summed E-state index contributed by atoms with van der Waals surface area (Å²) in [5, 5.41) is 26.7. The number of methoxy groups -OCH3 is 1. The molecule has 1 aromatic carbocycles. The lowest BCUT2D eigenvalue weighted by molar-refractivity contribution is -0.394. The van der Waals surface area contributed by atoms with Crippen LogP contribution in [0.1, 0.15) is 16.8 Å². The van der Waals surface area contributed by atoms with E-state index in [4.69, 9.17) is 21.7 Å². The van der Waals surface area contributed by atoms with Gasteiger partial charge < -0.3 is 19.7 Å². The molecule has 2 rings (SSSR count). The number of non-ortho nitro benzene ring substituents is 2. The quantitative estimate of drug-likeness (QED) is 0.170. The third-order valence-corrected chi connectivity index (χ3v) is 4.65. The molecule has 1 fully saturated rings. The van der Waals surface area contributed by atoms with Crippen molar-refractivity contribution in [2.45, 2.75) is 12.5 Å². The number of hydrogen-bond acceptors (Lipinski definition) is 10. The molecule has 2 amide bonds. The summed E-state index contributed by atoms with van der Waals surface area (Å²) >= 11 is 5.18. The van der Waals surface area contributed by atoms with Crippen LogP contribution in [0.15, 0.2) is 18.2 Å². The van der Waals surface area contributed by atoms with Crippen molar-refractivity contribution in [2.24, 2.45) is 0 Å². The molecule has 0 radical (unpaired) electrons. The maximum atomic E-state index is 12.6. The van der Waals surface area contributed by atoms with Gasteiger partial charge in [-0.1, -0.05) is 0 Å². The SMILES string of the molecule is COCCOC(=O)CC1C(=O)NCCN1C(=S)NC(=O)c1cc([N+](=O)[O-])cc([N+](=O)[O-])c1. The van der Waals surface area contributed by atoms with Gasteiger partial charge in [0.15, 0.2) is 5.11 Å². The Kier molecular flexibility index (Phi) is 8.48. The summed E-state index contributed by atoms with van der Waals surface area (Å²) in [6.07, 6.45) is -0.353. The Labute approximate surface area is 186 Å². The molecule has 1 aliphatic rings. The first kappa shape index (κ1) is 24.5. The van der Waals surface area contributed by atoms with Crippen LogP contribution in [0.2, 0.25) is 0 Å². The first-order chi connectivity index (χ1) is 15.1. The lowest BCUT2D eigenvalue weighted by Gasteiger charge is -2.36. The van der Waals surface area contributed by atoms with E-state index in [1.54, 1.807) is 0 Å². The molecule has 2 N–H and O–H groups in total. The molecule has 32 heavy (non-hydrogen) atoms. The number of amides is 2. The van der Waals surface area contributed by atoms with E-state index < -0.39 is 45.0 Å². The largest absolute Gasteiger partial charge is 0.463 e. The predicted octanol–water partition coefficient (Wildman–Crippen LogP) is -0.102. The van der Waals surface area contributed by atoms with E-state index in [-0.39, 0.29) is 43.4 Å². The monoisotopic (exact) mass is 469 g/mol. The minimum atomic E-state index is -1.06. The molecule has 15 heteroatoms. The molecule has 0 aromatic heterocycles. The van der Waals surface area contributed by atoms with Crippen LogP contribution in [0.5, 0.6) is 0 Å². The van der Waals surface area contributed by atoms with E-state index in [2.05, 4.69) is 10.6 Å². The molecule has 1 aromatic rings. The number of nitrogens with zero attached hydrogens (tertiary/aromatic N) is 3. The number of carbonyl (C=O) groups is 3. The molecule has 0 saturated carbocycles. The molecule has 1 aliphatic heterocycles. The van der Waals surface area contributed by atoms with Gasteiger partial charge >= 0.3 is 5.97 Å². The number of benzene rings is 1.